The van der Waals surface area contributed by atoms with Gasteiger partial charge in [-0.15, -0.1) is 0 Å². The smallest absolute Gasteiger partial charge is 0.169 e. The van der Waals surface area contributed by atoms with E-state index in [0.29, 0.717) is 11.5 Å². The van der Waals surface area contributed by atoms with Gasteiger partial charge in [0.15, 0.2) is 11.6 Å². The van der Waals surface area contributed by atoms with Gasteiger partial charge >= 0.3 is 0 Å². The maximum absolute atomic E-state index is 14.3. The number of nitrogens with one attached hydrogen (secondary N) is 1. The summed E-state index contributed by atoms with van der Waals surface area (Å²) in [6.45, 7) is 0. The lowest BCUT2D eigenvalue weighted by Crippen LogP contribution is -2.33. The van der Waals surface area contributed by atoms with Crippen LogP contribution in [0.15, 0.2) is 18.2 Å². The van der Waals surface area contributed by atoms with Crippen LogP contribution in [-0.4, -0.2) is 27.4 Å². The third kappa shape index (κ3) is 2.49. The SMILES string of the molecule is CNC(c1cccc(OC)c1F)C(OC)C1CC1. The van der Waals surface area contributed by atoms with Crippen molar-refractivity contribution in [1.29, 1.82) is 0 Å². The zero-order valence-corrected chi connectivity index (χ0v) is 11.1. The minimum atomic E-state index is -0.304. The molecule has 4 heteroatoms. The van der Waals surface area contributed by atoms with Crippen LogP contribution in [0.3, 0.4) is 0 Å². The monoisotopic (exact) mass is 253 g/mol. The zero-order valence-electron chi connectivity index (χ0n) is 11.1. The fraction of sp³-hybridized carbons (Fsp3) is 0.571. The molecule has 0 aromatic heterocycles. The second kappa shape index (κ2) is 5.67. The van der Waals surface area contributed by atoms with Crippen molar-refractivity contribution in [3.63, 3.8) is 0 Å². The number of halogens is 1. The van der Waals surface area contributed by atoms with Crippen LogP contribution >= 0.6 is 0 Å². The Kier molecular flexibility index (Phi) is 4.19. The Bertz CT molecular complexity index is 407. The van der Waals surface area contributed by atoms with Gasteiger partial charge in [0, 0.05) is 12.7 Å². The van der Waals surface area contributed by atoms with E-state index in [1.54, 1.807) is 25.3 Å². The lowest BCUT2D eigenvalue weighted by molar-refractivity contribution is 0.0518. The van der Waals surface area contributed by atoms with Gasteiger partial charge in [-0.25, -0.2) is 4.39 Å². The molecule has 0 heterocycles. The van der Waals surface area contributed by atoms with Crippen LogP contribution in [-0.2, 0) is 4.74 Å². The van der Waals surface area contributed by atoms with Crippen molar-refractivity contribution in [2.24, 2.45) is 5.92 Å². The van der Waals surface area contributed by atoms with Crippen molar-refractivity contribution in [2.45, 2.75) is 25.0 Å². The third-order valence-corrected chi connectivity index (χ3v) is 3.55. The Morgan fingerprint density at radius 2 is 2.06 bits per heavy atom. The van der Waals surface area contributed by atoms with E-state index in [9.17, 15) is 4.39 Å². The highest BCUT2D eigenvalue weighted by atomic mass is 19.1. The predicted octanol–water partition coefficient (Wildman–Crippen LogP) is 2.52. The highest BCUT2D eigenvalue weighted by molar-refractivity contribution is 5.34. The number of hydrogen-bond donors (Lipinski definition) is 1. The van der Waals surface area contributed by atoms with Crippen LogP contribution in [0.1, 0.15) is 24.4 Å². The first kappa shape index (κ1) is 13.3. The molecule has 100 valence electrons. The van der Waals surface area contributed by atoms with Gasteiger partial charge in [0.1, 0.15) is 0 Å². The minimum absolute atomic E-state index is 0.0107. The Morgan fingerprint density at radius 3 is 2.56 bits per heavy atom. The van der Waals surface area contributed by atoms with E-state index in [2.05, 4.69) is 5.32 Å². The molecule has 2 unspecified atom stereocenters. The highest BCUT2D eigenvalue weighted by Crippen LogP contribution is 2.40. The number of rotatable bonds is 6. The Balaban J connectivity index is 2.31. The molecule has 0 radical (unpaired) electrons. The van der Waals surface area contributed by atoms with Crippen LogP contribution in [0.2, 0.25) is 0 Å². The van der Waals surface area contributed by atoms with Crippen molar-refractivity contribution in [2.75, 3.05) is 21.3 Å². The molecule has 0 saturated heterocycles. The highest BCUT2D eigenvalue weighted by Gasteiger charge is 2.38. The average molecular weight is 253 g/mol. The van der Waals surface area contributed by atoms with Gasteiger partial charge < -0.3 is 14.8 Å². The van der Waals surface area contributed by atoms with E-state index in [1.807, 2.05) is 7.05 Å². The summed E-state index contributed by atoms with van der Waals surface area (Å²) in [5, 5.41) is 3.16. The molecule has 18 heavy (non-hydrogen) atoms. The molecule has 1 aromatic carbocycles. The van der Waals surface area contributed by atoms with Gasteiger partial charge in [-0.1, -0.05) is 12.1 Å². The molecule has 1 aliphatic carbocycles. The van der Waals surface area contributed by atoms with E-state index < -0.39 is 0 Å². The summed E-state index contributed by atoms with van der Waals surface area (Å²) < 4.78 is 24.8. The summed E-state index contributed by atoms with van der Waals surface area (Å²) >= 11 is 0. The van der Waals surface area contributed by atoms with Gasteiger partial charge in [0.25, 0.3) is 0 Å². The molecule has 0 bridgehead atoms. The summed E-state index contributed by atoms with van der Waals surface area (Å²) in [6, 6.07) is 5.08. The molecule has 0 aliphatic heterocycles. The van der Waals surface area contributed by atoms with Crippen LogP contribution in [0, 0.1) is 11.7 Å². The van der Waals surface area contributed by atoms with E-state index in [0.717, 1.165) is 12.8 Å². The van der Waals surface area contributed by atoms with E-state index in [-0.39, 0.29) is 23.7 Å². The van der Waals surface area contributed by atoms with Crippen LogP contribution < -0.4 is 10.1 Å². The van der Waals surface area contributed by atoms with Gasteiger partial charge in [-0.3, -0.25) is 0 Å². The zero-order chi connectivity index (χ0) is 13.1. The number of likely N-dealkylation sites (N-methyl/N-ethyl adjacent to an activating group) is 1. The van der Waals surface area contributed by atoms with Gasteiger partial charge in [-0.05, 0) is 31.9 Å². The van der Waals surface area contributed by atoms with Crippen molar-refractivity contribution < 1.29 is 13.9 Å². The van der Waals surface area contributed by atoms with Crippen molar-refractivity contribution in [3.8, 4) is 5.75 Å². The summed E-state index contributed by atoms with van der Waals surface area (Å²) in [5.41, 5.74) is 0.607. The van der Waals surface area contributed by atoms with E-state index >= 15 is 0 Å². The largest absolute Gasteiger partial charge is 0.494 e. The third-order valence-electron chi connectivity index (χ3n) is 3.55. The first-order valence-corrected chi connectivity index (χ1v) is 6.25. The fourth-order valence-corrected chi connectivity index (χ4v) is 2.45. The molecule has 0 spiro atoms. The molecule has 1 aromatic rings. The van der Waals surface area contributed by atoms with E-state index in [1.165, 1.54) is 7.11 Å². The summed E-state index contributed by atoms with van der Waals surface area (Å²) in [6.07, 6.45) is 2.32. The van der Waals surface area contributed by atoms with Gasteiger partial charge in [-0.2, -0.15) is 0 Å². The maximum Gasteiger partial charge on any atom is 0.169 e. The van der Waals surface area contributed by atoms with Gasteiger partial charge in [0.05, 0.1) is 19.3 Å². The summed E-state index contributed by atoms with van der Waals surface area (Å²) in [5.74, 6) is 0.499. The molecule has 1 fully saturated rings. The topological polar surface area (TPSA) is 30.5 Å². The Labute approximate surface area is 107 Å². The lowest BCUT2D eigenvalue weighted by atomic mass is 9.97. The molecule has 0 amide bonds. The Morgan fingerprint density at radius 1 is 1.33 bits per heavy atom. The molecular formula is C14H20FNO2. The molecule has 1 N–H and O–H groups in total. The number of methoxy groups -OCH3 is 2. The second-order valence-corrected chi connectivity index (χ2v) is 4.67. The first-order chi connectivity index (χ1) is 8.72. The van der Waals surface area contributed by atoms with Crippen LogP contribution in [0.25, 0.3) is 0 Å². The standard InChI is InChI=1S/C14H20FNO2/c1-16-13(14(18-3)9-7-8-9)10-5-4-6-11(17-2)12(10)15/h4-6,9,13-14,16H,7-8H2,1-3H3. The second-order valence-electron chi connectivity index (χ2n) is 4.67. The predicted molar refractivity (Wildman–Crippen MR) is 68.3 cm³/mol. The molecule has 3 nitrogen and oxygen atoms in total. The van der Waals surface area contributed by atoms with Crippen LogP contribution in [0.4, 0.5) is 4.39 Å². The first-order valence-electron chi connectivity index (χ1n) is 6.25. The van der Waals surface area contributed by atoms with Crippen molar-refractivity contribution >= 4 is 0 Å². The summed E-state index contributed by atoms with van der Waals surface area (Å²) in [4.78, 5) is 0. The molecule has 1 aliphatic rings. The molecule has 1 saturated carbocycles. The quantitative estimate of drug-likeness (QED) is 0.845. The fourth-order valence-electron chi connectivity index (χ4n) is 2.45. The molecular weight excluding hydrogens is 233 g/mol. The number of hydrogen-bond acceptors (Lipinski definition) is 3. The van der Waals surface area contributed by atoms with Crippen molar-refractivity contribution in [3.05, 3.63) is 29.6 Å². The maximum atomic E-state index is 14.3. The lowest BCUT2D eigenvalue weighted by Gasteiger charge is -2.26. The van der Waals surface area contributed by atoms with Crippen LogP contribution in [0.5, 0.6) is 5.75 Å². The van der Waals surface area contributed by atoms with Crippen molar-refractivity contribution in [1.82, 2.24) is 5.32 Å². The summed E-state index contributed by atoms with van der Waals surface area (Å²) in [7, 11) is 4.99. The minimum Gasteiger partial charge on any atom is -0.494 e. The Hall–Kier alpha value is -1.13. The number of benzene rings is 1. The van der Waals surface area contributed by atoms with E-state index in [4.69, 9.17) is 9.47 Å². The number of ether oxygens (including phenoxy) is 2. The van der Waals surface area contributed by atoms with Gasteiger partial charge in [0.2, 0.25) is 0 Å². The average Bonchev–Trinajstić information content (AvgIpc) is 3.21. The normalized spacial score (nSPS) is 18.4. The molecule has 2 atom stereocenters. The molecule has 2 rings (SSSR count).